The first kappa shape index (κ1) is 36.7. The summed E-state index contributed by atoms with van der Waals surface area (Å²) in [7, 11) is 0. The van der Waals surface area contributed by atoms with Gasteiger partial charge in [0.2, 0.25) is 0 Å². The van der Waals surface area contributed by atoms with Crippen LogP contribution in [-0.4, -0.2) is 24.9 Å². The van der Waals surface area contributed by atoms with E-state index in [-0.39, 0.29) is 0 Å². The summed E-state index contributed by atoms with van der Waals surface area (Å²) in [6.45, 7) is 0. The summed E-state index contributed by atoms with van der Waals surface area (Å²) in [6.07, 6.45) is 3.86. The van der Waals surface area contributed by atoms with Gasteiger partial charge in [0.05, 0.1) is 34.2 Å². The lowest BCUT2D eigenvalue weighted by Gasteiger charge is -2.11. The zero-order chi connectivity index (χ0) is 41.2. The summed E-state index contributed by atoms with van der Waals surface area (Å²) in [5, 5.41) is 4.62. The number of nitrogens with zero attached hydrogens (tertiary/aromatic N) is 5. The van der Waals surface area contributed by atoms with Crippen LogP contribution in [0.25, 0.3) is 112 Å². The van der Waals surface area contributed by atoms with Gasteiger partial charge in [-0.05, 0) is 80.4 Å². The van der Waals surface area contributed by atoms with E-state index < -0.39 is 0 Å². The first-order valence-electron chi connectivity index (χ1n) is 20.7. The number of hydrogen-bond donors (Lipinski definition) is 0. The second-order valence-electron chi connectivity index (χ2n) is 15.4. The van der Waals surface area contributed by atoms with Gasteiger partial charge in [0, 0.05) is 40.0 Å². The number of rotatable bonds is 8. The highest BCUT2D eigenvalue weighted by atomic mass is 14.9. The van der Waals surface area contributed by atoms with E-state index in [1.54, 1.807) is 0 Å². The topological polar surface area (TPSA) is 64.5 Å². The minimum atomic E-state index is 0.695. The van der Waals surface area contributed by atoms with Crippen molar-refractivity contribution in [3.8, 4) is 90.1 Å². The molecule has 0 saturated heterocycles. The molecule has 0 spiro atoms. The maximum Gasteiger partial charge on any atom is 0.160 e. The fraction of sp³-hybridized carbons (Fsp3) is 0. The minimum Gasteiger partial charge on any atom is -0.254 e. The van der Waals surface area contributed by atoms with Crippen LogP contribution in [0.4, 0.5) is 0 Å². The summed E-state index contributed by atoms with van der Waals surface area (Å²) in [4.78, 5) is 25.0. The minimum absolute atomic E-state index is 0.695. The molecular weight excluding hydrogens is 755 g/mol. The molecule has 0 unspecified atom stereocenters. The molecule has 5 heteroatoms. The first-order chi connectivity index (χ1) is 30.7. The predicted octanol–water partition coefficient (Wildman–Crippen LogP) is 14.3. The third kappa shape index (κ3) is 7.40. The van der Waals surface area contributed by atoms with Crippen LogP contribution in [0, 0.1) is 0 Å². The molecule has 0 fully saturated rings. The van der Waals surface area contributed by atoms with Crippen LogP contribution in [0.1, 0.15) is 0 Å². The molecule has 0 saturated carbocycles. The second-order valence-corrected chi connectivity index (χ2v) is 15.4. The fourth-order valence-corrected chi connectivity index (χ4v) is 8.03. The Morgan fingerprint density at radius 3 is 1.31 bits per heavy atom. The molecule has 0 bridgehead atoms. The van der Waals surface area contributed by atoms with E-state index in [4.69, 9.17) is 24.9 Å². The summed E-state index contributed by atoms with van der Waals surface area (Å²) in [5.41, 5.74) is 14.6. The van der Waals surface area contributed by atoms with Gasteiger partial charge in [0.15, 0.2) is 5.82 Å². The lowest BCUT2D eigenvalue weighted by molar-refractivity contribution is 1.18. The Hall–Kier alpha value is -8.41. The Balaban J connectivity index is 0.875. The summed E-state index contributed by atoms with van der Waals surface area (Å²) in [5.74, 6) is 0.695. The number of fused-ring (bicyclic) bond motifs is 2. The van der Waals surface area contributed by atoms with Gasteiger partial charge in [0.25, 0.3) is 0 Å². The van der Waals surface area contributed by atoms with Crippen LogP contribution < -0.4 is 0 Å². The van der Waals surface area contributed by atoms with Gasteiger partial charge in [-0.15, -0.1) is 0 Å². The average Bonchev–Trinajstić information content (AvgIpc) is 3.36. The quantitative estimate of drug-likeness (QED) is 0.153. The maximum atomic E-state index is 5.14. The van der Waals surface area contributed by atoms with Crippen molar-refractivity contribution < 1.29 is 0 Å². The Bertz CT molecular complexity index is 3210. The number of pyridine rings is 3. The van der Waals surface area contributed by atoms with E-state index in [0.717, 1.165) is 95.0 Å². The molecule has 7 aromatic carbocycles. The van der Waals surface area contributed by atoms with Crippen LogP contribution in [0.3, 0.4) is 0 Å². The Kier molecular flexibility index (Phi) is 9.45. The van der Waals surface area contributed by atoms with Crippen LogP contribution >= 0.6 is 0 Å². The van der Waals surface area contributed by atoms with Gasteiger partial charge in [0.1, 0.15) is 0 Å². The molecule has 11 aromatic rings. The molecule has 5 nitrogen and oxygen atoms in total. The van der Waals surface area contributed by atoms with Crippen LogP contribution in [0.5, 0.6) is 0 Å². The van der Waals surface area contributed by atoms with Crippen molar-refractivity contribution in [2.75, 3.05) is 0 Å². The molecule has 62 heavy (non-hydrogen) atoms. The molecule has 4 heterocycles. The normalized spacial score (nSPS) is 11.2. The molecular formula is C57H37N5. The van der Waals surface area contributed by atoms with E-state index in [0.29, 0.717) is 5.82 Å². The van der Waals surface area contributed by atoms with Crippen molar-refractivity contribution in [2.45, 2.75) is 0 Å². The SMILES string of the molecule is c1ccc(-c2cc(-c3ccccc3)nc(-c3ccc(-c4ccc(-c5ccc(-c6cc(-c7ccc8ccccc8c7)cc(-c7cc8ccccc8cn7)n6)nc5)cc4)cc3)n2)cc1. The summed E-state index contributed by atoms with van der Waals surface area (Å²) >= 11 is 0. The monoisotopic (exact) mass is 791 g/mol. The molecule has 11 rings (SSSR count). The highest BCUT2D eigenvalue weighted by Gasteiger charge is 2.14. The third-order valence-corrected chi connectivity index (χ3v) is 11.4. The molecule has 0 aliphatic carbocycles. The van der Waals surface area contributed by atoms with Gasteiger partial charge in [-0.1, -0.05) is 176 Å². The Morgan fingerprint density at radius 1 is 0.210 bits per heavy atom. The molecule has 0 aliphatic rings. The molecule has 0 N–H and O–H groups in total. The lowest BCUT2D eigenvalue weighted by atomic mass is 9.98. The second kappa shape index (κ2) is 16.0. The van der Waals surface area contributed by atoms with Gasteiger partial charge in [-0.25, -0.2) is 15.0 Å². The van der Waals surface area contributed by atoms with E-state index in [9.17, 15) is 0 Å². The zero-order valence-corrected chi connectivity index (χ0v) is 33.6. The number of aromatic nitrogens is 5. The van der Waals surface area contributed by atoms with Crippen LogP contribution in [0.15, 0.2) is 225 Å². The zero-order valence-electron chi connectivity index (χ0n) is 33.6. The largest absolute Gasteiger partial charge is 0.254 e. The maximum absolute atomic E-state index is 5.14. The van der Waals surface area contributed by atoms with Crippen molar-refractivity contribution >= 4 is 21.5 Å². The van der Waals surface area contributed by atoms with Crippen molar-refractivity contribution in [3.63, 3.8) is 0 Å². The van der Waals surface area contributed by atoms with Crippen LogP contribution in [-0.2, 0) is 0 Å². The first-order valence-corrected chi connectivity index (χ1v) is 20.7. The van der Waals surface area contributed by atoms with E-state index >= 15 is 0 Å². The van der Waals surface area contributed by atoms with E-state index in [1.807, 2.05) is 54.9 Å². The lowest BCUT2D eigenvalue weighted by Crippen LogP contribution is -1.95. The molecule has 4 aromatic heterocycles. The molecule has 0 radical (unpaired) electrons. The Labute approximate surface area is 359 Å². The van der Waals surface area contributed by atoms with Gasteiger partial charge >= 0.3 is 0 Å². The van der Waals surface area contributed by atoms with Gasteiger partial charge in [-0.3, -0.25) is 9.97 Å². The van der Waals surface area contributed by atoms with E-state index in [1.165, 1.54) is 10.8 Å². The molecule has 290 valence electrons. The number of benzene rings is 7. The third-order valence-electron chi connectivity index (χ3n) is 11.4. The highest BCUT2D eigenvalue weighted by Crippen LogP contribution is 2.34. The summed E-state index contributed by atoms with van der Waals surface area (Å²) in [6, 6.07) is 73.6. The van der Waals surface area contributed by atoms with E-state index in [2.05, 4.69) is 170 Å². The fourth-order valence-electron chi connectivity index (χ4n) is 8.03. The molecule has 0 amide bonds. The number of hydrogen-bond acceptors (Lipinski definition) is 5. The van der Waals surface area contributed by atoms with Crippen LogP contribution in [0.2, 0.25) is 0 Å². The summed E-state index contributed by atoms with van der Waals surface area (Å²) < 4.78 is 0. The van der Waals surface area contributed by atoms with Gasteiger partial charge in [-0.2, -0.15) is 0 Å². The molecule has 0 aliphatic heterocycles. The van der Waals surface area contributed by atoms with Gasteiger partial charge < -0.3 is 0 Å². The van der Waals surface area contributed by atoms with Crippen molar-refractivity contribution in [2.24, 2.45) is 0 Å². The van der Waals surface area contributed by atoms with Crippen molar-refractivity contribution in [1.29, 1.82) is 0 Å². The smallest absolute Gasteiger partial charge is 0.160 e. The average molecular weight is 792 g/mol. The predicted molar refractivity (Wildman–Crippen MR) is 254 cm³/mol. The van der Waals surface area contributed by atoms with Crippen molar-refractivity contribution in [3.05, 3.63) is 225 Å². The standard InChI is InChI=1S/C57H37N5/c1-3-12-42(13-4-1)52-35-53(43-14-5-2-6-15-43)62-57(61-52)44-26-23-40(24-27-44)39-19-21-41(22-20-39)49-29-30-51(58-37-49)55-33-50(47-28-25-38-11-7-8-16-45(38)31-47)34-56(60-55)54-32-46-17-9-10-18-48(46)36-59-54/h1-37H. The highest BCUT2D eigenvalue weighted by molar-refractivity contribution is 5.89. The molecule has 0 atom stereocenters. The Morgan fingerprint density at radius 2 is 0.694 bits per heavy atom. The van der Waals surface area contributed by atoms with Crippen molar-refractivity contribution in [1.82, 2.24) is 24.9 Å².